The molecule has 2 N–H and O–H groups in total. The Bertz CT molecular complexity index is 1470. The number of nitrogens with one attached hydrogen (secondary N) is 2. The molecule has 2 aliphatic rings. The van der Waals surface area contributed by atoms with Gasteiger partial charge in [0.25, 0.3) is 5.91 Å². The highest BCUT2D eigenvalue weighted by atomic mass is 16.2. The lowest BCUT2D eigenvalue weighted by Gasteiger charge is -2.23. The van der Waals surface area contributed by atoms with Gasteiger partial charge >= 0.3 is 6.03 Å². The normalized spacial score (nSPS) is 18.5. The summed E-state index contributed by atoms with van der Waals surface area (Å²) >= 11 is 0. The number of amides is 3. The Kier molecular flexibility index (Phi) is 5.40. The Morgan fingerprint density at radius 1 is 1.08 bits per heavy atom. The van der Waals surface area contributed by atoms with E-state index in [0.29, 0.717) is 24.3 Å². The molecule has 0 radical (unpaired) electrons. The SMILES string of the molecule is CCNC(=O)N1CCC2(CCn3nc(-c4cnc5cccc(C(=O)Nc6cccnc6)c5c4)cc32)C1. The van der Waals surface area contributed by atoms with Crippen molar-refractivity contribution in [1.29, 1.82) is 0 Å². The Morgan fingerprint density at radius 3 is 2.81 bits per heavy atom. The van der Waals surface area contributed by atoms with Crippen LogP contribution in [-0.2, 0) is 12.0 Å². The van der Waals surface area contributed by atoms with Crippen LogP contribution in [0.1, 0.15) is 35.8 Å². The van der Waals surface area contributed by atoms with Gasteiger partial charge in [0, 0.05) is 66.2 Å². The number of aromatic nitrogens is 4. The number of likely N-dealkylation sites (tertiary alicyclic amines) is 1. The minimum absolute atomic E-state index is 0.00313. The van der Waals surface area contributed by atoms with Crippen LogP contribution in [0.15, 0.2) is 61.1 Å². The Balaban J connectivity index is 1.31. The first-order valence-corrected chi connectivity index (χ1v) is 12.3. The molecule has 3 amide bonds. The molecule has 0 bridgehead atoms. The smallest absolute Gasteiger partial charge is 0.317 e. The molecular formula is C27H27N7O2. The molecule has 1 aromatic carbocycles. The zero-order chi connectivity index (χ0) is 24.7. The monoisotopic (exact) mass is 481 g/mol. The molecule has 0 aliphatic carbocycles. The van der Waals surface area contributed by atoms with Crippen LogP contribution >= 0.6 is 0 Å². The van der Waals surface area contributed by atoms with Gasteiger partial charge in [0.15, 0.2) is 0 Å². The van der Waals surface area contributed by atoms with Gasteiger partial charge in [-0.25, -0.2) is 4.79 Å². The molecular weight excluding hydrogens is 454 g/mol. The second-order valence-electron chi connectivity index (χ2n) is 9.47. The molecule has 2 aliphatic heterocycles. The highest BCUT2D eigenvalue weighted by Crippen LogP contribution is 2.43. The van der Waals surface area contributed by atoms with E-state index in [1.165, 1.54) is 5.69 Å². The first kappa shape index (κ1) is 22.2. The fourth-order valence-electron chi connectivity index (χ4n) is 5.45. The summed E-state index contributed by atoms with van der Waals surface area (Å²) in [5, 5.41) is 11.5. The lowest BCUT2D eigenvalue weighted by Crippen LogP contribution is -2.40. The molecule has 9 nitrogen and oxygen atoms in total. The minimum Gasteiger partial charge on any atom is -0.338 e. The van der Waals surface area contributed by atoms with E-state index in [2.05, 4.69) is 31.3 Å². The summed E-state index contributed by atoms with van der Waals surface area (Å²) in [4.78, 5) is 36.1. The van der Waals surface area contributed by atoms with Crippen molar-refractivity contribution in [3.8, 4) is 11.3 Å². The number of rotatable bonds is 4. The van der Waals surface area contributed by atoms with Gasteiger partial charge < -0.3 is 15.5 Å². The number of nitrogens with zero attached hydrogens (tertiary/aromatic N) is 5. The number of urea groups is 1. The third-order valence-corrected chi connectivity index (χ3v) is 7.28. The van der Waals surface area contributed by atoms with Gasteiger partial charge in [-0.1, -0.05) is 6.07 Å². The van der Waals surface area contributed by atoms with Gasteiger partial charge in [-0.3, -0.25) is 19.4 Å². The maximum atomic E-state index is 13.1. The molecule has 1 unspecified atom stereocenters. The van der Waals surface area contributed by atoms with E-state index < -0.39 is 0 Å². The zero-order valence-electron chi connectivity index (χ0n) is 20.1. The number of hydrogen-bond donors (Lipinski definition) is 2. The molecule has 3 aromatic heterocycles. The van der Waals surface area contributed by atoms with Crippen LogP contribution in [-0.4, -0.2) is 56.2 Å². The molecule has 5 heterocycles. The number of carbonyl (C=O) groups is 2. The van der Waals surface area contributed by atoms with E-state index in [4.69, 9.17) is 5.10 Å². The lowest BCUT2D eigenvalue weighted by atomic mass is 9.82. The van der Waals surface area contributed by atoms with Gasteiger partial charge in [0.1, 0.15) is 0 Å². The predicted molar refractivity (Wildman–Crippen MR) is 137 cm³/mol. The lowest BCUT2D eigenvalue weighted by molar-refractivity contribution is 0.102. The van der Waals surface area contributed by atoms with Crippen LogP contribution in [0.3, 0.4) is 0 Å². The van der Waals surface area contributed by atoms with E-state index in [9.17, 15) is 9.59 Å². The fourth-order valence-corrected chi connectivity index (χ4v) is 5.45. The number of anilines is 1. The van der Waals surface area contributed by atoms with Crippen LogP contribution in [0.4, 0.5) is 10.5 Å². The van der Waals surface area contributed by atoms with E-state index in [-0.39, 0.29) is 17.4 Å². The largest absolute Gasteiger partial charge is 0.338 e. The Hall–Kier alpha value is -4.27. The molecule has 1 spiro atoms. The van der Waals surface area contributed by atoms with Crippen molar-refractivity contribution in [2.75, 3.05) is 25.0 Å². The molecule has 6 rings (SSSR count). The van der Waals surface area contributed by atoms with Gasteiger partial charge in [-0.15, -0.1) is 0 Å². The second kappa shape index (κ2) is 8.75. The van der Waals surface area contributed by atoms with Crippen molar-refractivity contribution in [1.82, 2.24) is 30.0 Å². The quantitative estimate of drug-likeness (QED) is 0.461. The summed E-state index contributed by atoms with van der Waals surface area (Å²) in [6.07, 6.45) is 7.01. The number of benzene rings is 1. The van der Waals surface area contributed by atoms with Crippen LogP contribution < -0.4 is 10.6 Å². The highest BCUT2D eigenvalue weighted by molar-refractivity contribution is 6.12. The van der Waals surface area contributed by atoms with Crippen LogP contribution in [0, 0.1) is 0 Å². The average Bonchev–Trinajstić information content (AvgIpc) is 3.61. The molecule has 9 heteroatoms. The number of fused-ring (bicyclic) bond motifs is 3. The third kappa shape index (κ3) is 3.77. The Morgan fingerprint density at radius 2 is 1.97 bits per heavy atom. The number of aryl methyl sites for hydroxylation is 1. The summed E-state index contributed by atoms with van der Waals surface area (Å²) in [6, 6.07) is 13.2. The minimum atomic E-state index is -0.213. The van der Waals surface area contributed by atoms with E-state index in [0.717, 1.165) is 48.1 Å². The van der Waals surface area contributed by atoms with Gasteiger partial charge in [-0.2, -0.15) is 5.10 Å². The number of pyridine rings is 2. The van der Waals surface area contributed by atoms with Crippen molar-refractivity contribution in [3.63, 3.8) is 0 Å². The van der Waals surface area contributed by atoms with E-state index in [1.54, 1.807) is 30.6 Å². The average molecular weight is 482 g/mol. The van der Waals surface area contributed by atoms with Crippen molar-refractivity contribution in [2.45, 2.75) is 31.7 Å². The number of carbonyl (C=O) groups excluding carboxylic acids is 2. The number of hydrogen-bond acceptors (Lipinski definition) is 5. The van der Waals surface area contributed by atoms with Crippen molar-refractivity contribution in [2.24, 2.45) is 0 Å². The van der Waals surface area contributed by atoms with E-state index in [1.807, 2.05) is 36.2 Å². The molecule has 1 fully saturated rings. The topological polar surface area (TPSA) is 105 Å². The molecule has 1 saturated heterocycles. The second-order valence-corrected chi connectivity index (χ2v) is 9.47. The van der Waals surface area contributed by atoms with Gasteiger partial charge in [0.05, 0.1) is 23.1 Å². The molecule has 4 aromatic rings. The molecule has 182 valence electrons. The van der Waals surface area contributed by atoms with E-state index >= 15 is 0 Å². The zero-order valence-corrected chi connectivity index (χ0v) is 20.1. The van der Waals surface area contributed by atoms with Crippen LogP contribution in [0.25, 0.3) is 22.2 Å². The van der Waals surface area contributed by atoms with Crippen LogP contribution in [0.2, 0.25) is 0 Å². The summed E-state index contributed by atoms with van der Waals surface area (Å²) in [7, 11) is 0. The first-order chi connectivity index (χ1) is 17.6. The fraction of sp³-hybridized carbons (Fsp3) is 0.296. The van der Waals surface area contributed by atoms with Crippen molar-refractivity contribution < 1.29 is 9.59 Å². The molecule has 0 saturated carbocycles. The highest BCUT2D eigenvalue weighted by Gasteiger charge is 2.46. The van der Waals surface area contributed by atoms with Gasteiger partial charge in [-0.05, 0) is 56.2 Å². The van der Waals surface area contributed by atoms with Crippen molar-refractivity contribution >= 4 is 28.5 Å². The van der Waals surface area contributed by atoms with Gasteiger partial charge in [0.2, 0.25) is 0 Å². The maximum absolute atomic E-state index is 13.1. The summed E-state index contributed by atoms with van der Waals surface area (Å²) in [6.45, 7) is 4.85. The summed E-state index contributed by atoms with van der Waals surface area (Å²) < 4.78 is 2.07. The van der Waals surface area contributed by atoms with Crippen molar-refractivity contribution in [3.05, 3.63) is 72.3 Å². The third-order valence-electron chi connectivity index (χ3n) is 7.28. The first-order valence-electron chi connectivity index (χ1n) is 12.3. The molecule has 1 atom stereocenters. The maximum Gasteiger partial charge on any atom is 0.317 e. The predicted octanol–water partition coefficient (Wildman–Crippen LogP) is 3.82. The van der Waals surface area contributed by atoms with Crippen LogP contribution in [0.5, 0.6) is 0 Å². The summed E-state index contributed by atoms with van der Waals surface area (Å²) in [5.74, 6) is -0.213. The molecule has 36 heavy (non-hydrogen) atoms. The Labute approximate surface area is 208 Å². The standard InChI is InChI=1S/C27H27N7O2/c1-2-29-26(36)33-11-8-27(17-33)9-12-34-24(27)14-23(32-34)18-13-21-20(6-3-7-22(21)30-15-18)25(35)31-19-5-4-10-28-16-19/h3-7,10,13-16H,2,8-9,11-12,17H2,1H3,(H,29,36)(H,31,35). The summed E-state index contributed by atoms with van der Waals surface area (Å²) in [5.41, 5.74) is 4.73.